The molecule has 0 bridgehead atoms. The molecule has 0 radical (unpaired) electrons. The molecule has 7 aromatic carbocycles. The van der Waals surface area contributed by atoms with Crippen LogP contribution in [0.2, 0.25) is 0 Å². The molecule has 0 unspecified atom stereocenters. The number of rotatable bonds is 7. The Labute approximate surface area is 338 Å². The summed E-state index contributed by atoms with van der Waals surface area (Å²) in [6.07, 6.45) is 6.26. The zero-order valence-corrected chi connectivity index (χ0v) is 32.4. The summed E-state index contributed by atoms with van der Waals surface area (Å²) in [7, 11) is 0. The first-order valence-corrected chi connectivity index (χ1v) is 20.2. The minimum absolute atomic E-state index is 0.599. The van der Waals surface area contributed by atoms with Crippen molar-refractivity contribution < 1.29 is 4.42 Å². The van der Waals surface area contributed by atoms with Gasteiger partial charge in [-0.15, -0.1) is 11.3 Å². The summed E-state index contributed by atoms with van der Waals surface area (Å²) in [6, 6.07) is 54.7. The summed E-state index contributed by atoms with van der Waals surface area (Å²) in [5, 5.41) is 5.62. The van der Waals surface area contributed by atoms with Gasteiger partial charge in [-0.25, -0.2) is 15.0 Å². The highest BCUT2D eigenvalue weighted by Crippen LogP contribution is 2.45. The summed E-state index contributed by atoms with van der Waals surface area (Å²) >= 11 is 1.79. The summed E-state index contributed by atoms with van der Waals surface area (Å²) in [4.78, 5) is 15.7. The van der Waals surface area contributed by atoms with Gasteiger partial charge in [-0.05, 0) is 72.7 Å². The van der Waals surface area contributed by atoms with Gasteiger partial charge in [-0.2, -0.15) is 0 Å². The maximum absolute atomic E-state index is 6.20. The van der Waals surface area contributed by atoms with Crippen molar-refractivity contribution in [2.75, 3.05) is 0 Å². The molecule has 0 amide bonds. The highest BCUT2D eigenvalue weighted by atomic mass is 32.1. The summed E-state index contributed by atoms with van der Waals surface area (Å²) in [6.45, 7) is 6.33. The van der Waals surface area contributed by atoms with E-state index in [1.54, 1.807) is 11.3 Å². The molecule has 6 heteroatoms. The van der Waals surface area contributed by atoms with Crippen LogP contribution < -0.4 is 0 Å². The molecule has 0 atom stereocenters. The lowest BCUT2D eigenvalue weighted by atomic mass is 10.0. The molecule has 0 aliphatic carbocycles. The van der Waals surface area contributed by atoms with Gasteiger partial charge in [0.15, 0.2) is 17.5 Å². The standard InChI is InChI=1S/C52H34N4OS/c1-3-15-37-39-27-28-41-40-23-14-24-42(48(40)58-49(41)47(39)56(44(37)4-2)36-20-9-6-10-21-36)52-54-50(34-19-13-18-33(30-34)32-16-7-5-8-17-32)53-51(55-52)35-26-29-46-43(31-35)38-22-11-12-25-45(38)57-46/h3-31H,2H2,1H3/b15-3-. The Hall–Kier alpha value is -7.41. The monoisotopic (exact) mass is 762 g/mol. The van der Waals surface area contributed by atoms with Gasteiger partial charge in [0.2, 0.25) is 0 Å². The number of allylic oxidation sites excluding steroid dienone is 1. The third-order valence-electron chi connectivity index (χ3n) is 11.0. The third kappa shape index (κ3) is 5.41. The molecule has 11 aromatic rings. The van der Waals surface area contributed by atoms with Crippen LogP contribution in [0.25, 0.3) is 116 Å². The highest BCUT2D eigenvalue weighted by Gasteiger charge is 2.22. The van der Waals surface area contributed by atoms with Crippen LogP contribution in [-0.4, -0.2) is 19.5 Å². The fourth-order valence-corrected chi connectivity index (χ4v) is 9.67. The lowest BCUT2D eigenvalue weighted by Gasteiger charge is -2.10. The van der Waals surface area contributed by atoms with Gasteiger partial charge < -0.3 is 8.98 Å². The minimum atomic E-state index is 0.599. The number of nitrogens with zero attached hydrogens (tertiary/aromatic N) is 4. The summed E-state index contributed by atoms with van der Waals surface area (Å²) in [5.41, 5.74) is 11.2. The second-order valence-corrected chi connectivity index (χ2v) is 15.4. The Kier molecular flexibility index (Phi) is 7.98. The molecular formula is C52H34N4OS. The topological polar surface area (TPSA) is 56.7 Å². The van der Waals surface area contributed by atoms with E-state index in [0.29, 0.717) is 17.5 Å². The van der Waals surface area contributed by atoms with Crippen LogP contribution in [0.1, 0.15) is 18.2 Å². The van der Waals surface area contributed by atoms with Gasteiger partial charge in [-0.3, -0.25) is 0 Å². The van der Waals surface area contributed by atoms with Gasteiger partial charge >= 0.3 is 0 Å². The van der Waals surface area contributed by atoms with Gasteiger partial charge in [0.05, 0.1) is 15.9 Å². The van der Waals surface area contributed by atoms with Crippen molar-refractivity contribution in [1.29, 1.82) is 0 Å². The van der Waals surface area contributed by atoms with E-state index in [-0.39, 0.29) is 0 Å². The van der Waals surface area contributed by atoms with E-state index in [4.69, 9.17) is 19.4 Å². The van der Waals surface area contributed by atoms with Crippen LogP contribution in [-0.2, 0) is 0 Å². The number of para-hydroxylation sites is 2. The quantitative estimate of drug-likeness (QED) is 0.162. The van der Waals surface area contributed by atoms with Gasteiger partial charge in [0.1, 0.15) is 11.2 Å². The number of aromatic nitrogens is 4. The Morgan fingerprint density at radius 1 is 0.534 bits per heavy atom. The SMILES string of the molecule is C=Cc1c(/C=C\C)c2ccc3c4cccc(-c5nc(-c6cccc(-c7ccccc7)c6)nc(-c6ccc7oc8ccccc8c7c6)n5)c4sc3c2n1-c1ccccc1. The fraction of sp³-hybridized carbons (Fsp3) is 0.0192. The Morgan fingerprint density at radius 3 is 1.98 bits per heavy atom. The maximum atomic E-state index is 6.20. The smallest absolute Gasteiger partial charge is 0.165 e. The van der Waals surface area contributed by atoms with Crippen LogP contribution in [0, 0.1) is 0 Å². The molecule has 0 fully saturated rings. The molecule has 5 nitrogen and oxygen atoms in total. The second kappa shape index (κ2) is 13.7. The van der Waals surface area contributed by atoms with Crippen molar-refractivity contribution in [2.45, 2.75) is 6.92 Å². The number of hydrogen-bond donors (Lipinski definition) is 0. The Morgan fingerprint density at radius 2 is 1.17 bits per heavy atom. The summed E-state index contributed by atoms with van der Waals surface area (Å²) in [5.74, 6) is 1.83. The molecular weight excluding hydrogens is 729 g/mol. The van der Waals surface area contributed by atoms with E-state index in [1.807, 2.05) is 42.5 Å². The predicted molar refractivity (Wildman–Crippen MR) is 243 cm³/mol. The van der Waals surface area contributed by atoms with Crippen LogP contribution in [0.3, 0.4) is 0 Å². The highest BCUT2D eigenvalue weighted by molar-refractivity contribution is 7.27. The first-order chi connectivity index (χ1) is 28.7. The number of benzene rings is 7. The molecule has 0 N–H and O–H groups in total. The van der Waals surface area contributed by atoms with E-state index in [0.717, 1.165) is 82.3 Å². The number of thiophene rings is 1. The third-order valence-corrected chi connectivity index (χ3v) is 12.2. The second-order valence-electron chi connectivity index (χ2n) is 14.4. The van der Waals surface area contributed by atoms with Crippen molar-refractivity contribution in [3.05, 3.63) is 182 Å². The maximum Gasteiger partial charge on any atom is 0.165 e. The lowest BCUT2D eigenvalue weighted by molar-refractivity contribution is 0.669. The van der Waals surface area contributed by atoms with E-state index >= 15 is 0 Å². The van der Waals surface area contributed by atoms with Crippen molar-refractivity contribution in [1.82, 2.24) is 19.5 Å². The Balaban J connectivity index is 1.17. The average molecular weight is 763 g/mol. The van der Waals surface area contributed by atoms with Crippen molar-refractivity contribution >= 4 is 76.5 Å². The average Bonchev–Trinajstić information content (AvgIpc) is 3.96. The van der Waals surface area contributed by atoms with Crippen molar-refractivity contribution in [2.24, 2.45) is 0 Å². The molecule has 0 spiro atoms. The van der Waals surface area contributed by atoms with Crippen LogP contribution >= 0.6 is 11.3 Å². The van der Waals surface area contributed by atoms with Crippen LogP contribution in [0.15, 0.2) is 175 Å². The van der Waals surface area contributed by atoms with Gasteiger partial charge in [0.25, 0.3) is 0 Å². The summed E-state index contributed by atoms with van der Waals surface area (Å²) < 4.78 is 10.9. The first-order valence-electron chi connectivity index (χ1n) is 19.3. The molecule has 11 rings (SSSR count). The minimum Gasteiger partial charge on any atom is -0.456 e. The zero-order chi connectivity index (χ0) is 38.7. The largest absolute Gasteiger partial charge is 0.456 e. The van der Waals surface area contributed by atoms with E-state index < -0.39 is 0 Å². The van der Waals surface area contributed by atoms with Crippen molar-refractivity contribution in [3.63, 3.8) is 0 Å². The van der Waals surface area contributed by atoms with Crippen LogP contribution in [0.4, 0.5) is 0 Å². The van der Waals surface area contributed by atoms with Gasteiger partial charge in [-0.1, -0.05) is 128 Å². The molecule has 0 saturated heterocycles. The lowest BCUT2D eigenvalue weighted by Crippen LogP contribution is -2.00. The van der Waals surface area contributed by atoms with E-state index in [1.165, 1.54) is 15.5 Å². The van der Waals surface area contributed by atoms with Crippen LogP contribution in [0.5, 0.6) is 0 Å². The van der Waals surface area contributed by atoms with E-state index in [2.05, 4.69) is 152 Å². The molecule has 4 aromatic heterocycles. The molecule has 58 heavy (non-hydrogen) atoms. The van der Waals surface area contributed by atoms with Gasteiger partial charge in [0, 0.05) is 59.6 Å². The molecule has 0 aliphatic heterocycles. The van der Waals surface area contributed by atoms with Crippen molar-refractivity contribution in [3.8, 4) is 51.0 Å². The normalized spacial score (nSPS) is 11.9. The number of hydrogen-bond acceptors (Lipinski definition) is 5. The molecule has 0 saturated carbocycles. The molecule has 4 heterocycles. The molecule has 0 aliphatic rings. The fourth-order valence-electron chi connectivity index (χ4n) is 8.32. The molecule has 274 valence electrons. The number of furan rings is 1. The predicted octanol–water partition coefficient (Wildman–Crippen LogP) is 14.4. The Bertz CT molecular complexity index is 3430. The first kappa shape index (κ1) is 33.9. The number of fused-ring (bicyclic) bond motifs is 8. The zero-order valence-electron chi connectivity index (χ0n) is 31.6. The van der Waals surface area contributed by atoms with E-state index in [9.17, 15) is 0 Å².